The third kappa shape index (κ3) is 5.36. The van der Waals surface area contributed by atoms with Crippen LogP contribution < -0.4 is 0 Å². The minimum Gasteiger partial charge on any atom is -0.508 e. The first-order chi connectivity index (χ1) is 19.1. The maximum atomic E-state index is 9.97. The van der Waals surface area contributed by atoms with Gasteiger partial charge in [0.05, 0.1) is 0 Å². The number of hydrogen-bond donors (Lipinski definition) is 2. The average molecular weight is 523 g/mol. The smallest absolute Gasteiger partial charge is 0.138 e. The van der Waals surface area contributed by atoms with E-state index in [0.29, 0.717) is 5.57 Å². The third-order valence-corrected chi connectivity index (χ3v) is 7.22. The summed E-state index contributed by atoms with van der Waals surface area (Å²) in [4.78, 5) is 0.855. The summed E-state index contributed by atoms with van der Waals surface area (Å²) in [5, 5.41) is 41.1. The molecule has 0 aliphatic heterocycles. The Morgan fingerprint density at radius 2 is 0.897 bits per heavy atom. The first-order valence-electron chi connectivity index (χ1n) is 12.2. The van der Waals surface area contributed by atoms with Crippen LogP contribution in [0.4, 0.5) is 0 Å². The van der Waals surface area contributed by atoms with Crippen molar-refractivity contribution in [3.8, 4) is 23.6 Å². The van der Waals surface area contributed by atoms with E-state index in [1.165, 1.54) is 11.3 Å². The van der Waals surface area contributed by atoms with Crippen LogP contribution in [-0.4, -0.2) is 10.2 Å². The largest absolute Gasteiger partial charge is 0.508 e. The summed E-state index contributed by atoms with van der Waals surface area (Å²) in [6, 6.07) is 39.9. The van der Waals surface area contributed by atoms with Gasteiger partial charge < -0.3 is 10.2 Å². The van der Waals surface area contributed by atoms with Crippen molar-refractivity contribution < 1.29 is 10.2 Å². The van der Waals surface area contributed by atoms with Gasteiger partial charge in [-0.25, -0.2) is 0 Å². The molecule has 1 aromatic heterocycles. The Morgan fingerprint density at radius 3 is 1.31 bits per heavy atom. The van der Waals surface area contributed by atoms with Crippen molar-refractivity contribution in [3.05, 3.63) is 159 Å². The molecule has 2 N–H and O–H groups in total. The Bertz CT molecular complexity index is 1670. The van der Waals surface area contributed by atoms with Crippen LogP contribution in [0.15, 0.2) is 126 Å². The fourth-order valence-corrected chi connectivity index (χ4v) is 5.34. The van der Waals surface area contributed by atoms with Gasteiger partial charge in [-0.1, -0.05) is 84.9 Å². The molecule has 5 aromatic rings. The molecule has 5 rings (SSSR count). The number of thiophene rings is 1. The van der Waals surface area contributed by atoms with Gasteiger partial charge in [0, 0.05) is 10.5 Å². The Kier molecular flexibility index (Phi) is 7.37. The van der Waals surface area contributed by atoms with Crippen LogP contribution in [0, 0.1) is 22.7 Å². The molecule has 39 heavy (non-hydrogen) atoms. The highest BCUT2D eigenvalue weighted by atomic mass is 32.1. The molecule has 0 aliphatic carbocycles. The van der Waals surface area contributed by atoms with Crippen LogP contribution in [0.5, 0.6) is 11.5 Å². The van der Waals surface area contributed by atoms with Crippen molar-refractivity contribution in [2.45, 2.75) is 0 Å². The molecule has 4 aromatic carbocycles. The predicted octanol–water partition coefficient (Wildman–Crippen LogP) is 8.02. The van der Waals surface area contributed by atoms with E-state index in [2.05, 4.69) is 0 Å². The zero-order chi connectivity index (χ0) is 27.2. The molecular weight excluding hydrogens is 500 g/mol. The van der Waals surface area contributed by atoms with E-state index in [1.807, 2.05) is 109 Å². The number of phenolic OH excluding ortho intramolecular Hbond substituents is 2. The highest BCUT2D eigenvalue weighted by Gasteiger charge is 2.18. The number of rotatable bonds is 6. The Morgan fingerprint density at radius 1 is 0.487 bits per heavy atom. The van der Waals surface area contributed by atoms with Crippen LogP contribution in [0.25, 0.3) is 16.7 Å². The number of phenols is 2. The molecule has 0 bridgehead atoms. The van der Waals surface area contributed by atoms with Crippen molar-refractivity contribution in [1.29, 1.82) is 10.5 Å². The van der Waals surface area contributed by atoms with Crippen LogP contribution in [-0.2, 0) is 0 Å². The van der Waals surface area contributed by atoms with Gasteiger partial charge in [-0.05, 0) is 74.7 Å². The van der Waals surface area contributed by atoms with E-state index in [9.17, 15) is 20.7 Å². The maximum absolute atomic E-state index is 9.97. The first-order valence-corrected chi connectivity index (χ1v) is 13.0. The van der Waals surface area contributed by atoms with Crippen LogP contribution in [0.3, 0.4) is 0 Å². The number of aromatic hydroxyl groups is 2. The van der Waals surface area contributed by atoms with Crippen LogP contribution in [0.1, 0.15) is 32.7 Å². The zero-order valence-corrected chi connectivity index (χ0v) is 21.6. The molecule has 0 aliphatic rings. The van der Waals surface area contributed by atoms with Crippen molar-refractivity contribution >= 4 is 28.1 Å². The van der Waals surface area contributed by atoms with Crippen molar-refractivity contribution in [3.63, 3.8) is 0 Å². The van der Waals surface area contributed by atoms with Gasteiger partial charge in [-0.15, -0.1) is 11.3 Å². The van der Waals surface area contributed by atoms with E-state index >= 15 is 0 Å². The van der Waals surface area contributed by atoms with Crippen molar-refractivity contribution in [2.75, 3.05) is 0 Å². The third-order valence-electron chi connectivity index (χ3n) is 6.33. The average Bonchev–Trinajstić information content (AvgIpc) is 3.51. The SMILES string of the molecule is N#CC(C#N)=C(c1ccc(C(=C(c2ccc(O)cc2)c2ccc(O)cc2)c2ccccc2)cc1)c1cccs1. The zero-order valence-electron chi connectivity index (χ0n) is 20.7. The molecule has 0 fully saturated rings. The lowest BCUT2D eigenvalue weighted by atomic mass is 9.85. The molecule has 0 unspecified atom stereocenters. The summed E-state index contributed by atoms with van der Waals surface area (Å²) in [5.41, 5.74) is 7.07. The van der Waals surface area contributed by atoms with Gasteiger partial charge >= 0.3 is 0 Å². The second-order valence-corrected chi connectivity index (χ2v) is 9.69. The first kappa shape index (κ1) is 25.3. The minimum atomic E-state index is 0.0675. The fourth-order valence-electron chi connectivity index (χ4n) is 4.54. The van der Waals surface area contributed by atoms with Crippen LogP contribution >= 0.6 is 11.3 Å². The lowest BCUT2D eigenvalue weighted by molar-refractivity contribution is 0.475. The minimum absolute atomic E-state index is 0.0675. The number of allylic oxidation sites excluding steroid dienone is 1. The maximum Gasteiger partial charge on any atom is 0.138 e. The second kappa shape index (κ2) is 11.4. The van der Waals surface area contributed by atoms with Gasteiger partial charge in [0.2, 0.25) is 0 Å². The molecule has 186 valence electrons. The summed E-state index contributed by atoms with van der Waals surface area (Å²) in [5.74, 6) is 0.348. The van der Waals surface area contributed by atoms with Gasteiger partial charge in [-0.2, -0.15) is 10.5 Å². The summed E-state index contributed by atoms with van der Waals surface area (Å²) in [6.07, 6.45) is 0. The normalized spacial score (nSPS) is 10.2. The molecule has 0 atom stereocenters. The number of nitrogens with zero attached hydrogens (tertiary/aromatic N) is 2. The molecule has 1 heterocycles. The monoisotopic (exact) mass is 522 g/mol. The second-order valence-electron chi connectivity index (χ2n) is 8.74. The summed E-state index contributed by atoms with van der Waals surface area (Å²) in [6.45, 7) is 0. The van der Waals surface area contributed by atoms with E-state index in [1.54, 1.807) is 24.3 Å². The van der Waals surface area contributed by atoms with Gasteiger partial charge in [0.1, 0.15) is 29.2 Å². The van der Waals surface area contributed by atoms with E-state index in [0.717, 1.165) is 43.8 Å². The predicted molar refractivity (Wildman–Crippen MR) is 156 cm³/mol. The quantitative estimate of drug-likeness (QED) is 0.175. The summed E-state index contributed by atoms with van der Waals surface area (Å²) < 4.78 is 0. The van der Waals surface area contributed by atoms with Crippen molar-refractivity contribution in [2.24, 2.45) is 0 Å². The molecule has 0 radical (unpaired) electrons. The Hall–Kier alpha value is -5.36. The number of benzene rings is 4. The van der Waals surface area contributed by atoms with E-state index in [-0.39, 0.29) is 17.1 Å². The molecular formula is C34H22N2O2S. The van der Waals surface area contributed by atoms with Gasteiger partial charge in [0.25, 0.3) is 0 Å². The Labute approximate surface area is 230 Å². The highest BCUT2D eigenvalue weighted by molar-refractivity contribution is 7.11. The molecule has 0 spiro atoms. The lowest BCUT2D eigenvalue weighted by Gasteiger charge is -2.19. The standard InChI is InChI=1S/C34H22N2O2S/c35-21-28(22-36)32(31-7-4-20-39-31)24-8-10-25(11-9-24)33(23-5-2-1-3-6-23)34(26-12-16-29(37)17-13-26)27-14-18-30(38)19-15-27/h1-20,37-38H. The Balaban J connectivity index is 1.77. The van der Waals surface area contributed by atoms with Gasteiger partial charge in [-0.3, -0.25) is 0 Å². The topological polar surface area (TPSA) is 88.0 Å². The summed E-state index contributed by atoms with van der Waals surface area (Å²) in [7, 11) is 0. The molecule has 5 heteroatoms. The van der Waals surface area contributed by atoms with Gasteiger partial charge in [0.15, 0.2) is 0 Å². The molecule has 4 nitrogen and oxygen atoms in total. The summed E-state index contributed by atoms with van der Waals surface area (Å²) >= 11 is 1.48. The fraction of sp³-hybridized carbons (Fsp3) is 0. The van der Waals surface area contributed by atoms with Crippen LogP contribution in [0.2, 0.25) is 0 Å². The van der Waals surface area contributed by atoms with E-state index in [4.69, 9.17) is 0 Å². The highest BCUT2D eigenvalue weighted by Crippen LogP contribution is 2.39. The van der Waals surface area contributed by atoms with E-state index < -0.39 is 0 Å². The molecule has 0 amide bonds. The molecule has 0 saturated carbocycles. The van der Waals surface area contributed by atoms with Crippen molar-refractivity contribution in [1.82, 2.24) is 0 Å². The number of nitriles is 2. The molecule has 0 saturated heterocycles. The lowest BCUT2D eigenvalue weighted by Crippen LogP contribution is -1.98. The number of hydrogen-bond acceptors (Lipinski definition) is 5.